The standard InChI is InChI=1S/C10H12ClNO/c1-7(2)9(13)5-8-3-4-10(11)12-6-8/h3-4,6-7H,5H2,1-2H3. The molecule has 0 saturated heterocycles. The zero-order valence-corrected chi connectivity index (χ0v) is 8.51. The number of pyridine rings is 1. The maximum atomic E-state index is 11.3. The lowest BCUT2D eigenvalue weighted by molar-refractivity contribution is -0.121. The summed E-state index contributed by atoms with van der Waals surface area (Å²) in [7, 11) is 0. The summed E-state index contributed by atoms with van der Waals surface area (Å²) < 4.78 is 0. The second-order valence-electron chi connectivity index (χ2n) is 3.29. The molecule has 70 valence electrons. The van der Waals surface area contributed by atoms with Crippen molar-refractivity contribution in [2.75, 3.05) is 0 Å². The van der Waals surface area contributed by atoms with E-state index in [0.717, 1.165) is 5.56 Å². The number of carbonyl (C=O) groups excluding carboxylic acids is 1. The highest BCUT2D eigenvalue weighted by Gasteiger charge is 2.07. The molecule has 1 rings (SSSR count). The van der Waals surface area contributed by atoms with E-state index in [1.165, 1.54) is 0 Å². The van der Waals surface area contributed by atoms with Gasteiger partial charge >= 0.3 is 0 Å². The monoisotopic (exact) mass is 197 g/mol. The van der Waals surface area contributed by atoms with Crippen molar-refractivity contribution in [2.24, 2.45) is 5.92 Å². The molecule has 13 heavy (non-hydrogen) atoms. The van der Waals surface area contributed by atoms with Gasteiger partial charge in [-0.25, -0.2) is 4.98 Å². The Labute approximate surface area is 82.9 Å². The van der Waals surface area contributed by atoms with Crippen LogP contribution in [0.15, 0.2) is 18.3 Å². The van der Waals surface area contributed by atoms with Crippen molar-refractivity contribution < 1.29 is 4.79 Å². The Morgan fingerprint density at radius 2 is 2.23 bits per heavy atom. The lowest BCUT2D eigenvalue weighted by Crippen LogP contribution is -2.10. The van der Waals surface area contributed by atoms with E-state index < -0.39 is 0 Å². The number of halogens is 1. The molecule has 0 bridgehead atoms. The van der Waals surface area contributed by atoms with Gasteiger partial charge in [0.1, 0.15) is 10.9 Å². The third-order valence-electron chi connectivity index (χ3n) is 1.81. The minimum atomic E-state index is 0.0793. The van der Waals surface area contributed by atoms with Crippen LogP contribution in [0.25, 0.3) is 0 Å². The number of hydrogen-bond acceptors (Lipinski definition) is 2. The Morgan fingerprint density at radius 3 is 2.69 bits per heavy atom. The van der Waals surface area contributed by atoms with Crippen LogP contribution in [0.3, 0.4) is 0 Å². The number of rotatable bonds is 3. The minimum Gasteiger partial charge on any atom is -0.299 e. The average molecular weight is 198 g/mol. The van der Waals surface area contributed by atoms with Crippen molar-refractivity contribution in [3.05, 3.63) is 29.0 Å². The highest BCUT2D eigenvalue weighted by Crippen LogP contribution is 2.08. The molecular formula is C10H12ClNO. The molecule has 2 nitrogen and oxygen atoms in total. The Morgan fingerprint density at radius 1 is 1.54 bits per heavy atom. The summed E-state index contributed by atoms with van der Waals surface area (Å²) in [5.41, 5.74) is 0.920. The summed E-state index contributed by atoms with van der Waals surface area (Å²) in [5, 5.41) is 0.459. The molecule has 0 atom stereocenters. The molecule has 0 aliphatic rings. The van der Waals surface area contributed by atoms with Gasteiger partial charge in [-0.1, -0.05) is 31.5 Å². The maximum Gasteiger partial charge on any atom is 0.139 e. The number of carbonyl (C=O) groups is 1. The summed E-state index contributed by atoms with van der Waals surface area (Å²) in [6, 6.07) is 3.53. The number of nitrogens with zero attached hydrogens (tertiary/aromatic N) is 1. The van der Waals surface area contributed by atoms with E-state index in [9.17, 15) is 4.79 Å². The van der Waals surface area contributed by atoms with Crippen LogP contribution >= 0.6 is 11.6 Å². The zero-order chi connectivity index (χ0) is 9.84. The van der Waals surface area contributed by atoms with E-state index in [2.05, 4.69) is 4.98 Å². The molecule has 1 heterocycles. The van der Waals surface area contributed by atoms with Crippen LogP contribution < -0.4 is 0 Å². The van der Waals surface area contributed by atoms with Crippen LogP contribution in [-0.4, -0.2) is 10.8 Å². The molecular weight excluding hydrogens is 186 g/mol. The van der Waals surface area contributed by atoms with Crippen LogP contribution in [0.4, 0.5) is 0 Å². The first-order valence-corrected chi connectivity index (χ1v) is 4.60. The number of Topliss-reactive ketones (excluding diaryl/α,β-unsaturated/α-hetero) is 1. The van der Waals surface area contributed by atoms with Gasteiger partial charge in [-0.3, -0.25) is 4.79 Å². The zero-order valence-electron chi connectivity index (χ0n) is 7.75. The van der Waals surface area contributed by atoms with Gasteiger partial charge in [-0.05, 0) is 11.6 Å². The first-order valence-electron chi connectivity index (χ1n) is 4.22. The fraction of sp³-hybridized carbons (Fsp3) is 0.400. The summed E-state index contributed by atoms with van der Waals surface area (Å²) in [6.07, 6.45) is 2.09. The normalized spacial score (nSPS) is 10.5. The molecule has 0 aliphatic heterocycles. The smallest absolute Gasteiger partial charge is 0.139 e. The molecule has 0 aliphatic carbocycles. The molecule has 0 radical (unpaired) electrons. The molecule has 0 N–H and O–H groups in total. The highest BCUT2D eigenvalue weighted by molar-refractivity contribution is 6.29. The van der Waals surface area contributed by atoms with Crippen LogP contribution in [0.5, 0.6) is 0 Å². The van der Waals surface area contributed by atoms with E-state index in [0.29, 0.717) is 11.6 Å². The van der Waals surface area contributed by atoms with Crippen molar-refractivity contribution >= 4 is 17.4 Å². The molecule has 0 aromatic carbocycles. The van der Waals surface area contributed by atoms with Crippen LogP contribution in [-0.2, 0) is 11.2 Å². The van der Waals surface area contributed by atoms with Gasteiger partial charge in [0.2, 0.25) is 0 Å². The summed E-state index contributed by atoms with van der Waals surface area (Å²) in [5.74, 6) is 0.305. The predicted molar refractivity (Wildman–Crippen MR) is 52.8 cm³/mol. The topological polar surface area (TPSA) is 30.0 Å². The van der Waals surface area contributed by atoms with E-state index in [4.69, 9.17) is 11.6 Å². The second kappa shape index (κ2) is 4.38. The van der Waals surface area contributed by atoms with E-state index in [1.54, 1.807) is 12.3 Å². The summed E-state index contributed by atoms with van der Waals surface area (Å²) >= 11 is 5.61. The number of hydrogen-bond donors (Lipinski definition) is 0. The van der Waals surface area contributed by atoms with Gasteiger partial charge in [0.25, 0.3) is 0 Å². The predicted octanol–water partition coefficient (Wildman–Crippen LogP) is 2.50. The minimum absolute atomic E-state index is 0.0793. The molecule has 0 amide bonds. The Hall–Kier alpha value is -0.890. The Bertz CT molecular complexity index is 292. The van der Waals surface area contributed by atoms with Crippen molar-refractivity contribution in [1.29, 1.82) is 0 Å². The molecule has 0 saturated carbocycles. The van der Waals surface area contributed by atoms with Gasteiger partial charge in [0.05, 0.1) is 0 Å². The first kappa shape index (κ1) is 10.2. The van der Waals surface area contributed by atoms with Gasteiger partial charge in [0.15, 0.2) is 0 Å². The third kappa shape index (κ3) is 3.15. The SMILES string of the molecule is CC(C)C(=O)Cc1ccc(Cl)nc1. The van der Waals surface area contributed by atoms with Gasteiger partial charge in [0, 0.05) is 18.5 Å². The van der Waals surface area contributed by atoms with Gasteiger partial charge in [-0.2, -0.15) is 0 Å². The third-order valence-corrected chi connectivity index (χ3v) is 2.03. The molecule has 1 aromatic rings. The molecule has 3 heteroatoms. The van der Waals surface area contributed by atoms with Crippen LogP contribution in [0, 0.1) is 5.92 Å². The van der Waals surface area contributed by atoms with Gasteiger partial charge < -0.3 is 0 Å². The lowest BCUT2D eigenvalue weighted by atomic mass is 10.0. The Balaban J connectivity index is 2.65. The van der Waals surface area contributed by atoms with Crippen molar-refractivity contribution in [2.45, 2.75) is 20.3 Å². The highest BCUT2D eigenvalue weighted by atomic mass is 35.5. The number of aromatic nitrogens is 1. The van der Waals surface area contributed by atoms with Crippen LogP contribution in [0.1, 0.15) is 19.4 Å². The largest absolute Gasteiger partial charge is 0.299 e. The quantitative estimate of drug-likeness (QED) is 0.697. The first-order chi connectivity index (χ1) is 6.09. The maximum absolute atomic E-state index is 11.3. The second-order valence-corrected chi connectivity index (χ2v) is 3.67. The molecule has 0 spiro atoms. The molecule has 0 fully saturated rings. The van der Waals surface area contributed by atoms with Gasteiger partial charge in [-0.15, -0.1) is 0 Å². The lowest BCUT2D eigenvalue weighted by Gasteiger charge is -2.03. The fourth-order valence-corrected chi connectivity index (χ4v) is 1.03. The fourth-order valence-electron chi connectivity index (χ4n) is 0.916. The van der Waals surface area contributed by atoms with Crippen molar-refractivity contribution in [1.82, 2.24) is 4.98 Å². The molecule has 0 unspecified atom stereocenters. The van der Waals surface area contributed by atoms with Crippen molar-refractivity contribution in [3.8, 4) is 0 Å². The van der Waals surface area contributed by atoms with Crippen molar-refractivity contribution in [3.63, 3.8) is 0 Å². The summed E-state index contributed by atoms with van der Waals surface area (Å²) in [6.45, 7) is 3.79. The van der Waals surface area contributed by atoms with E-state index in [-0.39, 0.29) is 11.7 Å². The average Bonchev–Trinajstić information content (AvgIpc) is 2.08. The number of ketones is 1. The molecule has 1 aromatic heterocycles. The summed E-state index contributed by atoms with van der Waals surface area (Å²) in [4.78, 5) is 15.2. The van der Waals surface area contributed by atoms with E-state index >= 15 is 0 Å². The van der Waals surface area contributed by atoms with Crippen LogP contribution in [0.2, 0.25) is 5.15 Å². The Kier molecular flexibility index (Phi) is 3.43. The van der Waals surface area contributed by atoms with E-state index in [1.807, 2.05) is 19.9 Å².